The number of carbonyl (C=O) groups excluding carboxylic acids is 2. The smallest absolute Gasteiger partial charge is 0.253 e. The van der Waals surface area contributed by atoms with E-state index in [0.29, 0.717) is 25.9 Å². The second kappa shape index (κ2) is 8.48. The van der Waals surface area contributed by atoms with Gasteiger partial charge in [-0.05, 0) is 56.5 Å². The molecule has 1 aromatic rings. The molecule has 2 aliphatic heterocycles. The number of likely N-dealkylation sites (tertiary alicyclic amines) is 2. The Hall–Kier alpha value is -1.88. The van der Waals surface area contributed by atoms with Crippen LogP contribution in [0.3, 0.4) is 0 Å². The average molecular weight is 343 g/mol. The van der Waals surface area contributed by atoms with Crippen LogP contribution in [0.15, 0.2) is 24.3 Å². The monoisotopic (exact) mass is 343 g/mol. The summed E-state index contributed by atoms with van der Waals surface area (Å²) in [5.74, 6) is -0.269. The molecule has 1 aromatic carbocycles. The van der Waals surface area contributed by atoms with Gasteiger partial charge in [0, 0.05) is 31.1 Å². The van der Waals surface area contributed by atoms with Crippen molar-refractivity contribution in [3.63, 3.8) is 0 Å². The number of piperidine rings is 1. The molecule has 2 saturated heterocycles. The highest BCUT2D eigenvalue weighted by atomic mass is 16.2. The zero-order valence-corrected chi connectivity index (χ0v) is 15.0. The fraction of sp³-hybridized carbons (Fsp3) is 0.600. The maximum absolute atomic E-state index is 12.6. The van der Waals surface area contributed by atoms with Crippen molar-refractivity contribution < 1.29 is 9.59 Å². The third kappa shape index (κ3) is 4.82. The molecule has 0 bridgehead atoms. The van der Waals surface area contributed by atoms with Crippen molar-refractivity contribution in [2.45, 2.75) is 45.1 Å². The molecule has 0 saturated carbocycles. The molecule has 2 amide bonds. The highest BCUT2D eigenvalue weighted by Crippen LogP contribution is 2.19. The Labute approximate surface area is 150 Å². The molecule has 0 aliphatic carbocycles. The van der Waals surface area contributed by atoms with Crippen molar-refractivity contribution in [3.05, 3.63) is 35.4 Å². The van der Waals surface area contributed by atoms with E-state index in [1.807, 2.05) is 17.0 Å². The highest BCUT2D eigenvalue weighted by molar-refractivity contribution is 5.94. The van der Waals surface area contributed by atoms with Gasteiger partial charge in [0.25, 0.3) is 5.91 Å². The van der Waals surface area contributed by atoms with Crippen LogP contribution in [-0.2, 0) is 11.3 Å². The zero-order chi connectivity index (χ0) is 17.6. The molecule has 25 heavy (non-hydrogen) atoms. The summed E-state index contributed by atoms with van der Waals surface area (Å²) in [5, 5.41) is 0. The van der Waals surface area contributed by atoms with E-state index in [1.54, 1.807) is 0 Å². The lowest BCUT2D eigenvalue weighted by Crippen LogP contribution is -2.41. The highest BCUT2D eigenvalue weighted by Gasteiger charge is 2.26. The van der Waals surface area contributed by atoms with Crippen molar-refractivity contribution in [1.82, 2.24) is 9.80 Å². The summed E-state index contributed by atoms with van der Waals surface area (Å²) in [6.07, 6.45) is 6.62. The summed E-state index contributed by atoms with van der Waals surface area (Å²) >= 11 is 0. The predicted molar refractivity (Wildman–Crippen MR) is 98.0 cm³/mol. The number of carbonyl (C=O) groups is 2. The van der Waals surface area contributed by atoms with E-state index in [4.69, 9.17) is 5.73 Å². The first-order chi connectivity index (χ1) is 12.1. The fourth-order valence-corrected chi connectivity index (χ4v) is 3.85. The Bertz CT molecular complexity index is 583. The maximum Gasteiger partial charge on any atom is 0.253 e. The van der Waals surface area contributed by atoms with Crippen molar-refractivity contribution in [1.29, 1.82) is 0 Å². The minimum absolute atomic E-state index is 0.0595. The summed E-state index contributed by atoms with van der Waals surface area (Å²) in [6, 6.07) is 8.04. The van der Waals surface area contributed by atoms with Crippen molar-refractivity contribution in [2.75, 3.05) is 26.2 Å². The van der Waals surface area contributed by atoms with Crippen LogP contribution in [-0.4, -0.2) is 47.8 Å². The summed E-state index contributed by atoms with van der Waals surface area (Å²) in [7, 11) is 0. The third-order valence-corrected chi connectivity index (χ3v) is 5.49. The number of hydrogen-bond donors (Lipinski definition) is 1. The molecule has 5 nitrogen and oxygen atoms in total. The molecule has 2 N–H and O–H groups in total. The Balaban J connectivity index is 1.54. The number of primary amides is 1. The lowest BCUT2D eigenvalue weighted by atomic mass is 9.96. The normalized spacial score (nSPS) is 20.2. The lowest BCUT2D eigenvalue weighted by Gasteiger charge is -2.30. The Morgan fingerprint density at radius 1 is 0.920 bits per heavy atom. The Kier molecular flexibility index (Phi) is 6.08. The quantitative estimate of drug-likeness (QED) is 0.913. The van der Waals surface area contributed by atoms with Gasteiger partial charge in [0.2, 0.25) is 5.91 Å². The van der Waals surface area contributed by atoms with E-state index in [0.717, 1.165) is 12.1 Å². The molecule has 0 unspecified atom stereocenters. The van der Waals surface area contributed by atoms with Gasteiger partial charge in [0.05, 0.1) is 0 Å². The molecule has 3 rings (SSSR count). The topological polar surface area (TPSA) is 66.6 Å². The van der Waals surface area contributed by atoms with Gasteiger partial charge in [0.15, 0.2) is 0 Å². The summed E-state index contributed by atoms with van der Waals surface area (Å²) < 4.78 is 0. The number of benzene rings is 1. The van der Waals surface area contributed by atoms with E-state index in [9.17, 15) is 9.59 Å². The van der Waals surface area contributed by atoms with Crippen LogP contribution >= 0.6 is 0 Å². The second-order valence-corrected chi connectivity index (χ2v) is 7.36. The van der Waals surface area contributed by atoms with Crippen LogP contribution in [0.25, 0.3) is 0 Å². The largest absolute Gasteiger partial charge is 0.369 e. The molecule has 0 spiro atoms. The first kappa shape index (κ1) is 17.9. The first-order valence-electron chi connectivity index (χ1n) is 9.53. The maximum atomic E-state index is 12.6. The van der Waals surface area contributed by atoms with E-state index in [2.05, 4.69) is 17.0 Å². The van der Waals surface area contributed by atoms with Crippen LogP contribution in [0.4, 0.5) is 0 Å². The Morgan fingerprint density at radius 2 is 1.52 bits per heavy atom. The minimum Gasteiger partial charge on any atom is -0.369 e. The second-order valence-electron chi connectivity index (χ2n) is 7.36. The standard InChI is InChI=1S/C20H29N3O2/c21-19(24)17-9-13-23(14-10-17)20(25)18-7-5-16(6-8-18)15-22-11-3-1-2-4-12-22/h5-8,17H,1-4,9-15H2,(H2,21,24). The van der Waals surface area contributed by atoms with E-state index < -0.39 is 0 Å². The Morgan fingerprint density at radius 3 is 2.08 bits per heavy atom. The third-order valence-electron chi connectivity index (χ3n) is 5.49. The summed E-state index contributed by atoms with van der Waals surface area (Å²) in [5.41, 5.74) is 7.36. The van der Waals surface area contributed by atoms with Crippen LogP contribution in [0, 0.1) is 5.92 Å². The van der Waals surface area contributed by atoms with E-state index in [-0.39, 0.29) is 17.7 Å². The molecular weight excluding hydrogens is 314 g/mol. The summed E-state index contributed by atoms with van der Waals surface area (Å²) in [6.45, 7) is 4.55. The molecule has 2 aliphatic rings. The van der Waals surface area contributed by atoms with Gasteiger partial charge in [-0.2, -0.15) is 0 Å². The molecule has 2 fully saturated rings. The molecular formula is C20H29N3O2. The first-order valence-corrected chi connectivity index (χ1v) is 9.53. The van der Waals surface area contributed by atoms with Crippen molar-refractivity contribution in [3.8, 4) is 0 Å². The van der Waals surface area contributed by atoms with Crippen molar-refractivity contribution >= 4 is 11.8 Å². The number of rotatable bonds is 4. The lowest BCUT2D eigenvalue weighted by molar-refractivity contribution is -0.123. The minimum atomic E-state index is -0.245. The van der Waals surface area contributed by atoms with Crippen LogP contribution in [0.5, 0.6) is 0 Å². The van der Waals surface area contributed by atoms with Gasteiger partial charge in [-0.25, -0.2) is 0 Å². The number of nitrogens with zero attached hydrogens (tertiary/aromatic N) is 2. The fourth-order valence-electron chi connectivity index (χ4n) is 3.85. The van der Waals surface area contributed by atoms with E-state index >= 15 is 0 Å². The van der Waals surface area contributed by atoms with Crippen molar-refractivity contribution in [2.24, 2.45) is 11.7 Å². The predicted octanol–water partition coefficient (Wildman–Crippen LogP) is 2.40. The molecule has 0 atom stereocenters. The molecule has 2 heterocycles. The molecule has 136 valence electrons. The number of hydrogen-bond acceptors (Lipinski definition) is 3. The molecule has 5 heteroatoms. The van der Waals surface area contributed by atoms with Gasteiger partial charge >= 0.3 is 0 Å². The SMILES string of the molecule is NC(=O)C1CCN(C(=O)c2ccc(CN3CCCCCC3)cc2)CC1. The van der Waals surface area contributed by atoms with Crippen LogP contribution in [0.1, 0.15) is 54.4 Å². The zero-order valence-electron chi connectivity index (χ0n) is 15.0. The number of nitrogens with two attached hydrogens (primary N) is 1. The summed E-state index contributed by atoms with van der Waals surface area (Å²) in [4.78, 5) is 28.2. The number of amides is 2. The van der Waals surface area contributed by atoms with Gasteiger partial charge in [-0.3, -0.25) is 14.5 Å². The van der Waals surface area contributed by atoms with Gasteiger partial charge in [0.1, 0.15) is 0 Å². The average Bonchev–Trinajstić information content (AvgIpc) is 2.90. The van der Waals surface area contributed by atoms with Crippen LogP contribution < -0.4 is 5.73 Å². The molecule has 0 radical (unpaired) electrons. The van der Waals surface area contributed by atoms with Gasteiger partial charge in [-0.15, -0.1) is 0 Å². The molecule has 0 aromatic heterocycles. The van der Waals surface area contributed by atoms with Gasteiger partial charge in [-0.1, -0.05) is 25.0 Å². The van der Waals surface area contributed by atoms with Crippen LogP contribution in [0.2, 0.25) is 0 Å². The van der Waals surface area contributed by atoms with Gasteiger partial charge < -0.3 is 10.6 Å². The van der Waals surface area contributed by atoms with E-state index in [1.165, 1.54) is 44.3 Å².